The molecule has 2 aliphatic heterocycles. The van der Waals surface area contributed by atoms with Crippen LogP contribution in [0.3, 0.4) is 0 Å². The third kappa shape index (κ3) is 3.51. The van der Waals surface area contributed by atoms with Crippen molar-refractivity contribution in [1.82, 2.24) is 24.6 Å². The summed E-state index contributed by atoms with van der Waals surface area (Å²) < 4.78 is 12.3. The molecule has 0 radical (unpaired) electrons. The quantitative estimate of drug-likeness (QED) is 0.724. The van der Waals surface area contributed by atoms with E-state index in [0.717, 1.165) is 5.82 Å². The van der Waals surface area contributed by atoms with Crippen LogP contribution in [0.2, 0.25) is 0 Å². The highest BCUT2D eigenvalue weighted by atomic mass is 16.7. The van der Waals surface area contributed by atoms with Gasteiger partial charge in [0.15, 0.2) is 17.3 Å². The van der Waals surface area contributed by atoms with Gasteiger partial charge in [0.05, 0.1) is 0 Å². The molecule has 0 unspecified atom stereocenters. The minimum Gasteiger partial charge on any atom is -0.454 e. The molecule has 5 rings (SSSR count). The van der Waals surface area contributed by atoms with E-state index in [2.05, 4.69) is 25.3 Å². The summed E-state index contributed by atoms with van der Waals surface area (Å²) in [4.78, 5) is 25.2. The first kappa shape index (κ1) is 17.3. The van der Waals surface area contributed by atoms with E-state index < -0.39 is 0 Å². The van der Waals surface area contributed by atoms with Gasteiger partial charge in [-0.1, -0.05) is 0 Å². The van der Waals surface area contributed by atoms with E-state index in [0.29, 0.717) is 49.2 Å². The SMILES string of the molecule is O=C(Nc1ccc2c(c1)OCO2)N1CCN(c2cc(-n3cccn3)ncn2)CC1. The van der Waals surface area contributed by atoms with Crippen molar-refractivity contribution < 1.29 is 14.3 Å². The van der Waals surface area contributed by atoms with Gasteiger partial charge in [0.25, 0.3) is 0 Å². The van der Waals surface area contributed by atoms with Gasteiger partial charge < -0.3 is 24.6 Å². The molecule has 1 N–H and O–H groups in total. The van der Waals surface area contributed by atoms with E-state index in [1.807, 2.05) is 18.3 Å². The molecule has 148 valence electrons. The average molecular weight is 393 g/mol. The highest BCUT2D eigenvalue weighted by molar-refractivity contribution is 5.90. The van der Waals surface area contributed by atoms with E-state index in [-0.39, 0.29) is 12.8 Å². The van der Waals surface area contributed by atoms with Crippen molar-refractivity contribution in [2.24, 2.45) is 0 Å². The van der Waals surface area contributed by atoms with Crippen molar-refractivity contribution in [2.75, 3.05) is 43.2 Å². The van der Waals surface area contributed by atoms with Gasteiger partial charge in [-0.2, -0.15) is 5.10 Å². The number of piperazine rings is 1. The fourth-order valence-corrected chi connectivity index (χ4v) is 3.36. The highest BCUT2D eigenvalue weighted by Crippen LogP contribution is 2.34. The maximum absolute atomic E-state index is 12.6. The summed E-state index contributed by atoms with van der Waals surface area (Å²) in [5, 5.41) is 7.12. The van der Waals surface area contributed by atoms with E-state index in [4.69, 9.17) is 9.47 Å². The van der Waals surface area contributed by atoms with E-state index >= 15 is 0 Å². The Morgan fingerprint density at radius 1 is 1.00 bits per heavy atom. The van der Waals surface area contributed by atoms with Crippen LogP contribution in [0.15, 0.2) is 49.1 Å². The Morgan fingerprint density at radius 2 is 1.83 bits per heavy atom. The van der Waals surface area contributed by atoms with Crippen molar-refractivity contribution >= 4 is 17.5 Å². The molecule has 0 spiro atoms. The molecule has 0 saturated carbocycles. The fourth-order valence-electron chi connectivity index (χ4n) is 3.36. The molecule has 10 heteroatoms. The number of hydrogen-bond acceptors (Lipinski definition) is 7. The van der Waals surface area contributed by atoms with Crippen molar-refractivity contribution in [3.8, 4) is 17.3 Å². The van der Waals surface area contributed by atoms with Gasteiger partial charge in [-0.3, -0.25) is 0 Å². The number of hydrogen-bond donors (Lipinski definition) is 1. The summed E-state index contributed by atoms with van der Waals surface area (Å²) in [5.74, 6) is 2.87. The Kier molecular flexibility index (Phi) is 4.35. The Balaban J connectivity index is 1.20. The Bertz CT molecular complexity index is 1020. The summed E-state index contributed by atoms with van der Waals surface area (Å²) in [6, 6.07) is 8.98. The number of anilines is 2. The summed E-state index contributed by atoms with van der Waals surface area (Å²) in [6.07, 6.45) is 5.08. The number of nitrogens with one attached hydrogen (secondary N) is 1. The van der Waals surface area contributed by atoms with Crippen molar-refractivity contribution in [3.63, 3.8) is 0 Å². The second-order valence-electron chi connectivity index (χ2n) is 6.66. The molecular formula is C19H19N7O3. The lowest BCUT2D eigenvalue weighted by Crippen LogP contribution is -2.50. The predicted octanol–water partition coefficient (Wildman–Crippen LogP) is 1.75. The molecule has 1 saturated heterocycles. The van der Waals surface area contributed by atoms with Crippen molar-refractivity contribution in [3.05, 3.63) is 49.1 Å². The number of aromatic nitrogens is 4. The van der Waals surface area contributed by atoms with Crippen LogP contribution >= 0.6 is 0 Å². The largest absolute Gasteiger partial charge is 0.454 e. The molecule has 0 aliphatic carbocycles. The minimum atomic E-state index is -0.136. The predicted molar refractivity (Wildman–Crippen MR) is 105 cm³/mol. The summed E-state index contributed by atoms with van der Waals surface area (Å²) in [6.45, 7) is 2.77. The molecule has 1 fully saturated rings. The first-order chi connectivity index (χ1) is 14.3. The maximum atomic E-state index is 12.6. The Labute approximate surface area is 166 Å². The zero-order chi connectivity index (χ0) is 19.6. The first-order valence-electron chi connectivity index (χ1n) is 9.29. The van der Waals surface area contributed by atoms with Gasteiger partial charge in [-0.05, 0) is 18.2 Å². The number of urea groups is 1. The summed E-state index contributed by atoms with van der Waals surface area (Å²) in [5.41, 5.74) is 0.682. The maximum Gasteiger partial charge on any atom is 0.321 e. The molecule has 4 heterocycles. The summed E-state index contributed by atoms with van der Waals surface area (Å²) in [7, 11) is 0. The van der Waals surface area contributed by atoms with Crippen LogP contribution in [0, 0.1) is 0 Å². The second kappa shape index (κ2) is 7.30. The molecule has 29 heavy (non-hydrogen) atoms. The molecule has 2 amide bonds. The highest BCUT2D eigenvalue weighted by Gasteiger charge is 2.23. The van der Waals surface area contributed by atoms with Gasteiger partial charge in [0.1, 0.15) is 12.1 Å². The number of carbonyl (C=O) groups excluding carboxylic acids is 1. The van der Waals surface area contributed by atoms with Crippen LogP contribution < -0.4 is 19.7 Å². The molecule has 2 aliphatic rings. The Morgan fingerprint density at radius 3 is 2.66 bits per heavy atom. The van der Waals surface area contributed by atoms with Crippen LogP contribution in [0.5, 0.6) is 11.5 Å². The van der Waals surface area contributed by atoms with Gasteiger partial charge in [0, 0.05) is 56.4 Å². The summed E-state index contributed by atoms with van der Waals surface area (Å²) >= 11 is 0. The number of fused-ring (bicyclic) bond motifs is 1. The van der Waals surface area contributed by atoms with Gasteiger partial charge in [0.2, 0.25) is 6.79 Å². The second-order valence-corrected chi connectivity index (χ2v) is 6.66. The molecule has 0 atom stereocenters. The number of nitrogens with zero attached hydrogens (tertiary/aromatic N) is 6. The number of amides is 2. The average Bonchev–Trinajstić information content (AvgIpc) is 3.46. The fraction of sp³-hybridized carbons (Fsp3) is 0.263. The number of ether oxygens (including phenoxy) is 2. The van der Waals surface area contributed by atoms with Gasteiger partial charge >= 0.3 is 6.03 Å². The number of rotatable bonds is 3. The van der Waals surface area contributed by atoms with Crippen LogP contribution in [0.25, 0.3) is 5.82 Å². The standard InChI is InChI=1S/C19H19N7O3/c27-19(23-14-2-3-15-16(10-14)29-13-28-15)25-8-6-24(7-9-25)17-11-18(21-12-20-17)26-5-1-4-22-26/h1-5,10-12H,6-9,13H2,(H,23,27). The molecule has 10 nitrogen and oxygen atoms in total. The van der Waals surface area contributed by atoms with E-state index in [1.54, 1.807) is 34.0 Å². The molecule has 0 bridgehead atoms. The molecular weight excluding hydrogens is 374 g/mol. The van der Waals surface area contributed by atoms with E-state index in [9.17, 15) is 4.79 Å². The van der Waals surface area contributed by atoms with Crippen molar-refractivity contribution in [2.45, 2.75) is 0 Å². The van der Waals surface area contributed by atoms with Gasteiger partial charge in [-0.15, -0.1) is 0 Å². The zero-order valence-electron chi connectivity index (χ0n) is 15.6. The Hall–Kier alpha value is -3.82. The normalized spacial score (nSPS) is 15.4. The lowest BCUT2D eigenvalue weighted by molar-refractivity contribution is 0.174. The van der Waals surface area contributed by atoms with Crippen LogP contribution in [-0.2, 0) is 0 Å². The lowest BCUT2D eigenvalue weighted by atomic mass is 10.2. The third-order valence-electron chi connectivity index (χ3n) is 4.89. The first-order valence-corrected chi connectivity index (χ1v) is 9.29. The number of carbonyl (C=O) groups is 1. The van der Waals surface area contributed by atoms with Crippen molar-refractivity contribution in [1.29, 1.82) is 0 Å². The molecule has 2 aromatic heterocycles. The third-order valence-corrected chi connectivity index (χ3v) is 4.89. The monoisotopic (exact) mass is 393 g/mol. The minimum absolute atomic E-state index is 0.136. The van der Waals surface area contributed by atoms with Crippen LogP contribution in [0.1, 0.15) is 0 Å². The zero-order valence-corrected chi connectivity index (χ0v) is 15.6. The topological polar surface area (TPSA) is 97.6 Å². The van der Waals surface area contributed by atoms with E-state index in [1.165, 1.54) is 6.33 Å². The smallest absolute Gasteiger partial charge is 0.321 e. The van der Waals surface area contributed by atoms with Crippen LogP contribution in [-0.4, -0.2) is 63.7 Å². The molecule has 3 aromatic rings. The lowest BCUT2D eigenvalue weighted by Gasteiger charge is -2.35. The van der Waals surface area contributed by atoms with Gasteiger partial charge in [-0.25, -0.2) is 19.4 Å². The van der Waals surface area contributed by atoms with Crippen LogP contribution in [0.4, 0.5) is 16.3 Å². The number of benzene rings is 1. The molecule has 1 aromatic carbocycles.